The maximum atomic E-state index is 13.2. The van der Waals surface area contributed by atoms with Gasteiger partial charge in [-0.05, 0) is 47.0 Å². The molecule has 0 radical (unpaired) electrons. The molecular formula is C15H14ClF2N. The molecule has 0 saturated carbocycles. The molecule has 2 rings (SSSR count). The Kier molecular flexibility index (Phi) is 5.67. The molecule has 0 aromatic heterocycles. The molecule has 0 aliphatic rings. The second kappa shape index (κ2) is 7.02. The second-order valence-electron chi connectivity index (χ2n) is 3.93. The number of benzene rings is 2. The van der Waals surface area contributed by atoms with E-state index in [4.69, 9.17) is 0 Å². The Morgan fingerprint density at radius 3 is 1.79 bits per heavy atom. The molecule has 0 aliphatic heterocycles. The second-order valence-corrected chi connectivity index (χ2v) is 3.93. The van der Waals surface area contributed by atoms with Crippen LogP contribution in [0, 0.1) is 11.6 Å². The Morgan fingerprint density at radius 2 is 1.42 bits per heavy atom. The Balaban J connectivity index is 0.00000180. The van der Waals surface area contributed by atoms with Crippen LogP contribution >= 0.6 is 0 Å². The molecule has 3 N–H and O–H groups in total. The summed E-state index contributed by atoms with van der Waals surface area (Å²) < 4.78 is 26.5. The third kappa shape index (κ3) is 3.88. The smallest absolute Gasteiger partial charge is 0.123 e. The third-order valence-corrected chi connectivity index (χ3v) is 2.62. The van der Waals surface area contributed by atoms with E-state index >= 15 is 0 Å². The van der Waals surface area contributed by atoms with E-state index in [0.29, 0.717) is 6.54 Å². The molecule has 0 saturated heterocycles. The Labute approximate surface area is 117 Å². The lowest BCUT2D eigenvalue weighted by molar-refractivity contribution is -0.352. The molecule has 2 aromatic carbocycles. The highest BCUT2D eigenvalue weighted by Crippen LogP contribution is 2.24. The standard InChI is InChI=1S/C15H13F2N.ClH/c16-13-5-1-3-11(9-13)15(7-8-18)12-4-2-6-14(17)10-12;/h1-7,9-10H,8,18H2;1H. The highest BCUT2D eigenvalue weighted by molar-refractivity contribution is 5.79. The van der Waals surface area contributed by atoms with Gasteiger partial charge in [0.2, 0.25) is 0 Å². The van der Waals surface area contributed by atoms with Crippen LogP contribution in [0.5, 0.6) is 0 Å². The van der Waals surface area contributed by atoms with Crippen molar-refractivity contribution in [3.8, 4) is 0 Å². The highest BCUT2D eigenvalue weighted by atomic mass is 35.5. The molecule has 0 amide bonds. The van der Waals surface area contributed by atoms with Crippen molar-refractivity contribution in [3.63, 3.8) is 0 Å². The van der Waals surface area contributed by atoms with Crippen LogP contribution in [-0.4, -0.2) is 6.54 Å². The molecule has 0 atom stereocenters. The van der Waals surface area contributed by atoms with Crippen LogP contribution in [0.15, 0.2) is 54.6 Å². The van der Waals surface area contributed by atoms with Crippen LogP contribution in [0.1, 0.15) is 11.1 Å². The molecule has 19 heavy (non-hydrogen) atoms. The maximum Gasteiger partial charge on any atom is 0.123 e. The van der Waals surface area contributed by atoms with Crippen molar-refractivity contribution in [3.05, 3.63) is 77.4 Å². The summed E-state index contributed by atoms with van der Waals surface area (Å²) in [7, 11) is 0. The number of rotatable bonds is 3. The summed E-state index contributed by atoms with van der Waals surface area (Å²) in [5.41, 5.74) is 6.01. The molecule has 0 fully saturated rings. The van der Waals surface area contributed by atoms with E-state index in [1.165, 1.54) is 24.3 Å². The summed E-state index contributed by atoms with van der Waals surface area (Å²) in [6, 6.07) is 12.5. The van der Waals surface area contributed by atoms with Gasteiger partial charge in [-0.2, -0.15) is 0 Å². The lowest BCUT2D eigenvalue weighted by Gasteiger charge is -2.08. The van der Waals surface area contributed by atoms with Gasteiger partial charge in [-0.25, -0.2) is 8.78 Å². The number of halogens is 3. The molecule has 1 nitrogen and oxygen atoms in total. The fourth-order valence-corrected chi connectivity index (χ4v) is 1.86. The zero-order valence-corrected chi connectivity index (χ0v) is 11.0. The predicted octanol–water partition coefficient (Wildman–Crippen LogP) is -0.358. The van der Waals surface area contributed by atoms with E-state index in [-0.39, 0.29) is 24.0 Å². The van der Waals surface area contributed by atoms with Crippen LogP contribution in [0.3, 0.4) is 0 Å². The first-order chi connectivity index (χ1) is 8.70. The zero-order chi connectivity index (χ0) is 13.0. The van der Waals surface area contributed by atoms with Gasteiger partial charge in [0.25, 0.3) is 0 Å². The first-order valence-corrected chi connectivity index (χ1v) is 5.72. The van der Waals surface area contributed by atoms with Gasteiger partial charge in [-0.1, -0.05) is 24.3 Å². The highest BCUT2D eigenvalue weighted by Gasteiger charge is 2.06. The Bertz CT molecular complexity index is 534. The van der Waals surface area contributed by atoms with E-state index in [1.54, 1.807) is 24.3 Å². The predicted molar refractivity (Wildman–Crippen MR) is 67.6 cm³/mol. The minimum atomic E-state index is -0.307. The van der Waals surface area contributed by atoms with Crippen molar-refractivity contribution >= 4 is 5.57 Å². The monoisotopic (exact) mass is 281 g/mol. The molecular weight excluding hydrogens is 268 g/mol. The van der Waals surface area contributed by atoms with E-state index in [9.17, 15) is 8.78 Å². The van der Waals surface area contributed by atoms with Crippen LogP contribution in [0.25, 0.3) is 5.57 Å². The molecule has 4 heteroatoms. The van der Waals surface area contributed by atoms with Crippen LogP contribution in [0.2, 0.25) is 0 Å². The lowest BCUT2D eigenvalue weighted by Crippen LogP contribution is -3.00. The number of hydrogen-bond acceptors (Lipinski definition) is 0. The van der Waals surface area contributed by atoms with Crippen molar-refractivity contribution in [2.75, 3.05) is 6.54 Å². The normalized spacial score (nSPS) is 9.63. The molecule has 0 unspecified atom stereocenters. The summed E-state index contributed by atoms with van der Waals surface area (Å²) in [5.74, 6) is -0.613. The average molecular weight is 282 g/mol. The van der Waals surface area contributed by atoms with Gasteiger partial charge in [-0.3, -0.25) is 0 Å². The molecule has 0 aliphatic carbocycles. The quantitative estimate of drug-likeness (QED) is 0.796. The van der Waals surface area contributed by atoms with Crippen molar-refractivity contribution in [2.24, 2.45) is 0 Å². The summed E-state index contributed by atoms with van der Waals surface area (Å²) >= 11 is 0. The van der Waals surface area contributed by atoms with E-state index in [1.807, 2.05) is 6.08 Å². The summed E-state index contributed by atoms with van der Waals surface area (Å²) in [6.07, 6.45) is 1.86. The number of quaternary nitrogens is 1. The van der Waals surface area contributed by atoms with Crippen molar-refractivity contribution in [1.29, 1.82) is 0 Å². The van der Waals surface area contributed by atoms with Gasteiger partial charge in [0.05, 0.1) is 6.54 Å². The fourth-order valence-electron chi connectivity index (χ4n) is 1.86. The molecule has 2 aromatic rings. The summed E-state index contributed by atoms with van der Waals surface area (Å²) in [6.45, 7) is 0.558. The zero-order valence-electron chi connectivity index (χ0n) is 10.2. The molecule has 0 heterocycles. The van der Waals surface area contributed by atoms with Gasteiger partial charge in [0, 0.05) is 0 Å². The van der Waals surface area contributed by atoms with E-state index in [2.05, 4.69) is 5.73 Å². The van der Waals surface area contributed by atoms with Gasteiger partial charge >= 0.3 is 0 Å². The average Bonchev–Trinajstić information content (AvgIpc) is 2.36. The van der Waals surface area contributed by atoms with Gasteiger partial charge in [0.15, 0.2) is 0 Å². The molecule has 0 bridgehead atoms. The molecule has 0 spiro atoms. The van der Waals surface area contributed by atoms with Crippen LogP contribution in [0.4, 0.5) is 8.78 Å². The SMILES string of the molecule is [Cl-].[NH3+]CC=C(c1cccc(F)c1)c1cccc(F)c1. The lowest BCUT2D eigenvalue weighted by atomic mass is 9.97. The summed E-state index contributed by atoms with van der Waals surface area (Å²) in [5, 5.41) is 0. The van der Waals surface area contributed by atoms with Crippen molar-refractivity contribution in [1.82, 2.24) is 0 Å². The Hall–Kier alpha value is -1.71. The van der Waals surface area contributed by atoms with E-state index in [0.717, 1.165) is 16.7 Å². The van der Waals surface area contributed by atoms with Crippen molar-refractivity contribution < 1.29 is 26.9 Å². The minimum Gasteiger partial charge on any atom is -1.00 e. The first kappa shape index (κ1) is 15.3. The number of hydrogen-bond donors (Lipinski definition) is 1. The third-order valence-electron chi connectivity index (χ3n) is 2.62. The maximum absolute atomic E-state index is 13.2. The van der Waals surface area contributed by atoms with Crippen LogP contribution in [-0.2, 0) is 0 Å². The minimum absolute atomic E-state index is 0. The Morgan fingerprint density at radius 1 is 0.947 bits per heavy atom. The van der Waals surface area contributed by atoms with E-state index < -0.39 is 0 Å². The topological polar surface area (TPSA) is 27.6 Å². The molecule has 100 valence electrons. The first-order valence-electron chi connectivity index (χ1n) is 5.72. The fraction of sp³-hybridized carbons (Fsp3) is 0.0667. The van der Waals surface area contributed by atoms with Crippen LogP contribution < -0.4 is 18.1 Å². The van der Waals surface area contributed by atoms with Crippen molar-refractivity contribution in [2.45, 2.75) is 0 Å². The largest absolute Gasteiger partial charge is 1.00 e. The van der Waals surface area contributed by atoms with Gasteiger partial charge in [0.1, 0.15) is 11.6 Å². The summed E-state index contributed by atoms with van der Waals surface area (Å²) in [4.78, 5) is 0. The van der Waals surface area contributed by atoms with Gasteiger partial charge in [-0.15, -0.1) is 0 Å². The van der Waals surface area contributed by atoms with Gasteiger partial charge < -0.3 is 18.1 Å².